The average Bonchev–Trinajstić information content (AvgIpc) is 4.43. The Balaban J connectivity index is 0.000000190. The molecule has 86 heavy (non-hydrogen) atoms. The standard InChI is InChI=1S/4C9H10BN6.C6H2Cl2O4.2C3H6O.2Y/c4*1-4-11-14(7-1)10(15-8-2-5-12-15)16-9-3-6-13-16;7-1-3(9)5(11)2(8)6(12)4(1)10;2*1-3(2)4;;/h4*1-10H;9,12H;2*1-2H3;;/q4*-1;;;;2*+3/p-2. The monoisotopic (exact) mass is 1350 g/mol. The van der Waals surface area contributed by atoms with Gasteiger partial charge in [-0.25, -0.2) is 61.2 Å². The first kappa shape index (κ1) is 68.1. The third-order valence-electron chi connectivity index (χ3n) is 11.4. The Morgan fingerprint density at radius 3 is 0.488 bits per heavy atom. The SMILES string of the molecule is CC(C)=O.CC(C)=O.O=C1C([O-])=C(Cl)C(=O)C([O-])=C1Cl.[Y+3].[Y+3].c1cnn([BH-](n2cccn2)n2cccn2)c1.c1cnn([BH-](n2cccn2)n2cccn2)c1.c1cnn([BH-](n2cccn2)n2cccn2)c1.c1cnn([BH-](n2cccn2)n2cccn2)c1. The normalized spacial score (nSPS) is 11.5. The Morgan fingerprint density at radius 1 is 0.302 bits per heavy atom. The van der Waals surface area contributed by atoms with E-state index in [4.69, 9.17) is 23.2 Å². The molecule has 0 saturated carbocycles. The van der Waals surface area contributed by atoms with Gasteiger partial charge < -0.3 is 74.9 Å². The Morgan fingerprint density at radius 2 is 0.407 bits per heavy atom. The van der Waals surface area contributed by atoms with Crippen LogP contribution in [0.3, 0.4) is 0 Å². The maximum atomic E-state index is 10.7. The zero-order valence-electron chi connectivity index (χ0n) is 46.7. The van der Waals surface area contributed by atoms with Gasteiger partial charge in [-0.2, -0.15) is 0 Å². The zero-order chi connectivity index (χ0) is 59.8. The van der Waals surface area contributed by atoms with Crippen molar-refractivity contribution in [2.75, 3.05) is 0 Å². The molecule has 0 N–H and O–H groups in total. The van der Waals surface area contributed by atoms with Crippen molar-refractivity contribution in [3.05, 3.63) is 243 Å². The molecule has 0 saturated heterocycles. The third-order valence-corrected chi connectivity index (χ3v) is 12.1. The second-order valence-electron chi connectivity index (χ2n) is 18.0. The number of rotatable bonds is 12. The van der Waals surface area contributed by atoms with Gasteiger partial charge >= 0.3 is 93.9 Å². The van der Waals surface area contributed by atoms with E-state index in [1.165, 1.54) is 27.7 Å². The van der Waals surface area contributed by atoms with Gasteiger partial charge in [0.15, 0.2) is 11.6 Å². The Hall–Kier alpha value is -8.67. The maximum Gasteiger partial charge on any atom is 3.00 e. The molecule has 0 unspecified atom stereocenters. The minimum Gasteiger partial charge on any atom is -0.869 e. The molecular weight excluding hydrogens is 1300 g/mol. The number of hydrogen-bond donors (Lipinski definition) is 0. The first-order valence-electron chi connectivity index (χ1n) is 25.5. The van der Waals surface area contributed by atoms with Gasteiger partial charge in [-0.05, 0) is 186 Å². The van der Waals surface area contributed by atoms with E-state index in [2.05, 4.69) is 61.2 Å². The van der Waals surface area contributed by atoms with Crippen molar-refractivity contribution in [3.63, 3.8) is 0 Å². The third kappa shape index (κ3) is 19.2. The van der Waals surface area contributed by atoms with E-state index in [1.54, 1.807) is 74.4 Å². The number of aromatic nitrogens is 24. The van der Waals surface area contributed by atoms with Crippen LogP contribution < -0.4 is 10.2 Å². The average molecular weight is 1350 g/mol. The van der Waals surface area contributed by atoms with E-state index in [1.807, 2.05) is 202 Å². The summed E-state index contributed by atoms with van der Waals surface area (Å²) < 4.78 is 22.5. The molecule has 12 aromatic heterocycles. The van der Waals surface area contributed by atoms with Gasteiger partial charge in [0.05, 0.1) is 10.1 Å². The number of ketones is 4. The maximum absolute atomic E-state index is 10.7. The van der Waals surface area contributed by atoms with Crippen molar-refractivity contribution in [2.45, 2.75) is 27.7 Å². The molecule has 38 heteroatoms. The predicted octanol–water partition coefficient (Wildman–Crippen LogP) is -0.303. The van der Waals surface area contributed by atoms with E-state index in [9.17, 15) is 29.4 Å². The van der Waals surface area contributed by atoms with E-state index in [-0.39, 0.29) is 77.0 Å². The fraction of sp³-hybridized carbons (Fsp3) is 0.0833. The second kappa shape index (κ2) is 34.9. The van der Waals surface area contributed by atoms with E-state index in [0.717, 1.165) is 0 Å². The number of hydrogen-bond acceptors (Lipinski definition) is 18. The summed E-state index contributed by atoms with van der Waals surface area (Å²) in [7, 11) is -4.50. The van der Waals surface area contributed by atoms with Crippen LogP contribution in [0.4, 0.5) is 0 Å². The molecule has 1 aliphatic rings. The first-order valence-corrected chi connectivity index (χ1v) is 26.3. The molecule has 0 radical (unpaired) electrons. The summed E-state index contributed by atoms with van der Waals surface area (Å²) in [5.74, 6) is -4.59. The van der Waals surface area contributed by atoms with E-state index < -0.39 is 61.6 Å². The van der Waals surface area contributed by atoms with Crippen LogP contribution in [-0.2, 0) is 84.6 Å². The molecule has 0 amide bonds. The van der Waals surface area contributed by atoms with E-state index in [0.29, 0.717) is 0 Å². The van der Waals surface area contributed by atoms with Crippen LogP contribution in [0.25, 0.3) is 0 Å². The molecule has 0 atom stereocenters. The summed E-state index contributed by atoms with van der Waals surface area (Å²) in [5, 5.41) is 70.7. The number of halogens is 2. The van der Waals surface area contributed by atoms with Crippen molar-refractivity contribution < 1.29 is 94.8 Å². The van der Waals surface area contributed by atoms with Gasteiger partial charge in [0.2, 0.25) is 0 Å². The van der Waals surface area contributed by atoms with Crippen LogP contribution in [0.2, 0.25) is 0 Å². The van der Waals surface area contributed by atoms with Crippen LogP contribution in [0.5, 0.6) is 0 Å². The summed E-state index contributed by atoms with van der Waals surface area (Å²) in [6.45, 7) is 6.11. The van der Waals surface area contributed by atoms with Gasteiger partial charge in [0, 0.05) is 74.4 Å². The number of carbonyl (C=O) groups excluding carboxylic acids is 4. The fourth-order valence-corrected chi connectivity index (χ4v) is 8.34. The van der Waals surface area contributed by atoms with Crippen LogP contribution in [0.15, 0.2) is 243 Å². The first-order chi connectivity index (χ1) is 40.7. The van der Waals surface area contributed by atoms with Crippen molar-refractivity contribution in [1.29, 1.82) is 0 Å². The molecule has 0 bridgehead atoms. The number of allylic oxidation sites excluding steroid dienone is 2. The Labute approximate surface area is 552 Å². The smallest absolute Gasteiger partial charge is 0.869 e. The number of Topliss-reactive ketones (excluding diaryl/α,β-unsaturated/α-hetero) is 4. The number of nitrogens with zero attached hydrogens (tertiary/aromatic N) is 24. The molecule has 1 aliphatic carbocycles. The molecule has 0 aliphatic heterocycles. The zero-order valence-corrected chi connectivity index (χ0v) is 53.9. The van der Waals surface area contributed by atoms with Gasteiger partial charge in [0.1, 0.15) is 11.6 Å². The van der Waals surface area contributed by atoms with Crippen molar-refractivity contribution in [3.8, 4) is 0 Å². The topological polar surface area (TPSA) is 328 Å². The largest absolute Gasteiger partial charge is 3.00 e. The molecule has 12 heterocycles. The van der Waals surface area contributed by atoms with E-state index >= 15 is 0 Å². The predicted molar refractivity (Wildman–Crippen MR) is 309 cm³/mol. The quantitative estimate of drug-likeness (QED) is 0.112. The fourth-order valence-electron chi connectivity index (χ4n) is 8.00. The van der Waals surface area contributed by atoms with Gasteiger partial charge in [-0.15, -0.1) is 0 Å². The summed E-state index contributed by atoms with van der Waals surface area (Å²) in [6.07, 6.45) is 44.1. The molecule has 432 valence electrons. The minimum absolute atomic E-state index is 0. The molecule has 12 aromatic rings. The van der Waals surface area contributed by atoms with Gasteiger partial charge in [-0.1, -0.05) is 23.2 Å². The summed E-state index contributed by atoms with van der Waals surface area (Å²) in [5.41, 5.74) is 0. The Kier molecular flexibility index (Phi) is 27.7. The molecular formula is C48H52B4Cl2N24O6Y2. The van der Waals surface area contributed by atoms with Crippen LogP contribution in [0, 0.1) is 0 Å². The molecule has 30 nitrogen and oxygen atoms in total. The summed E-state index contributed by atoms with van der Waals surface area (Å²) in [6, 6.07) is 22.7. The molecule has 0 fully saturated rings. The van der Waals surface area contributed by atoms with Crippen LogP contribution in [-0.4, -0.2) is 168 Å². The summed E-state index contributed by atoms with van der Waals surface area (Å²) >= 11 is 10.2. The van der Waals surface area contributed by atoms with Crippen molar-refractivity contribution >= 4 is 74.8 Å². The molecule has 13 rings (SSSR count). The van der Waals surface area contributed by atoms with Crippen LogP contribution >= 0.6 is 23.2 Å². The van der Waals surface area contributed by atoms with Crippen molar-refractivity contribution in [1.82, 2.24) is 116 Å². The molecule has 0 aromatic carbocycles. The second-order valence-corrected chi connectivity index (χ2v) is 18.8. The van der Waals surface area contributed by atoms with Gasteiger partial charge in [-0.3, -0.25) is 9.59 Å². The molecule has 0 spiro atoms. The summed E-state index contributed by atoms with van der Waals surface area (Å²) in [4.78, 5) is 40.3. The Bertz CT molecular complexity index is 3000. The van der Waals surface area contributed by atoms with Gasteiger partial charge in [0.25, 0.3) is 0 Å². The van der Waals surface area contributed by atoms with Crippen LogP contribution in [0.1, 0.15) is 27.7 Å². The number of carbonyl (C=O) groups is 4. The minimum atomic E-state index is -1.23. The van der Waals surface area contributed by atoms with Crippen molar-refractivity contribution in [2.24, 2.45) is 0 Å².